The van der Waals surface area contributed by atoms with Crippen molar-refractivity contribution in [2.24, 2.45) is 5.16 Å². The quantitative estimate of drug-likeness (QED) is 0.159. The number of hydrogen-bond acceptors (Lipinski definition) is 6. The minimum absolute atomic E-state index is 0.0189. The van der Waals surface area contributed by atoms with E-state index < -0.39 is 41.0 Å². The molecule has 1 atom stereocenters. The second-order valence-electron chi connectivity index (χ2n) is 10.6. The summed E-state index contributed by atoms with van der Waals surface area (Å²) in [4.78, 5) is 24.6. The van der Waals surface area contributed by atoms with Crippen molar-refractivity contribution < 1.29 is 40.7 Å². The molecule has 2 fully saturated rings. The topological polar surface area (TPSA) is 57.6 Å². The summed E-state index contributed by atoms with van der Waals surface area (Å²) < 4.78 is 86.2. The lowest BCUT2D eigenvalue weighted by atomic mass is 9.99. The van der Waals surface area contributed by atoms with Crippen molar-refractivity contribution in [1.29, 1.82) is 0 Å². The maximum Gasteiger partial charge on any atom is 0.416 e. The lowest BCUT2D eigenvalue weighted by Crippen LogP contribution is -2.56. The molecule has 0 bridgehead atoms. The molecule has 0 aliphatic carbocycles. The highest BCUT2D eigenvalue weighted by atomic mass is 35.5. The third-order valence-electron chi connectivity index (χ3n) is 7.32. The molecule has 14 heteroatoms. The van der Waals surface area contributed by atoms with E-state index in [1.165, 1.54) is 4.90 Å². The Morgan fingerprint density at radius 2 is 1.58 bits per heavy atom. The van der Waals surface area contributed by atoms with Crippen LogP contribution in [0.4, 0.5) is 26.3 Å². The molecule has 0 N–H and O–H groups in total. The van der Waals surface area contributed by atoms with E-state index in [1.54, 1.807) is 24.3 Å². The maximum atomic E-state index is 13.5. The monoisotopic (exact) mass is 634 g/mol. The fraction of sp³-hybridized carbons (Fsp3) is 0.517. The van der Waals surface area contributed by atoms with Crippen molar-refractivity contribution in [2.75, 3.05) is 65.6 Å². The van der Waals surface area contributed by atoms with Gasteiger partial charge in [-0.15, -0.1) is 0 Å². The minimum atomic E-state index is -5.06. The first-order chi connectivity index (χ1) is 20.3. The number of piperazine rings is 1. The number of amides is 1. The van der Waals surface area contributed by atoms with Crippen LogP contribution in [0.15, 0.2) is 47.6 Å². The summed E-state index contributed by atoms with van der Waals surface area (Å²) in [5.41, 5.74) is -2.22. The zero-order valence-corrected chi connectivity index (χ0v) is 24.3. The molecule has 0 saturated carbocycles. The molecule has 0 radical (unpaired) electrons. The average Bonchev–Trinajstić information content (AvgIpc) is 2.96. The van der Waals surface area contributed by atoms with Crippen LogP contribution in [0.5, 0.6) is 0 Å². The van der Waals surface area contributed by atoms with Gasteiger partial charge in [0, 0.05) is 62.4 Å². The van der Waals surface area contributed by atoms with Crippen LogP contribution in [0.25, 0.3) is 0 Å². The Balaban J connectivity index is 1.49. The molecule has 43 heavy (non-hydrogen) atoms. The summed E-state index contributed by atoms with van der Waals surface area (Å²) >= 11 is 6.00. The van der Waals surface area contributed by atoms with Gasteiger partial charge < -0.3 is 14.5 Å². The molecule has 2 aromatic rings. The Kier molecular flexibility index (Phi) is 11.0. The zero-order valence-electron chi connectivity index (χ0n) is 23.6. The Hall–Kier alpha value is -2.87. The van der Waals surface area contributed by atoms with E-state index in [0.29, 0.717) is 68.7 Å². The molecule has 2 aliphatic rings. The second-order valence-corrected chi connectivity index (χ2v) is 11.1. The summed E-state index contributed by atoms with van der Waals surface area (Å²) in [5, 5.41) is 4.70. The van der Waals surface area contributed by atoms with Crippen molar-refractivity contribution in [2.45, 2.75) is 31.7 Å². The van der Waals surface area contributed by atoms with Crippen molar-refractivity contribution in [3.8, 4) is 0 Å². The number of halogens is 7. The standard InChI is InChI=1S/C29H33ClF6N4O3/c1-20(37-43-13-10-38-8-11-42-12-9-38)18-39-6-7-40(26(19-39)14-21-2-4-25(30)5-3-21)27(41)22-15-23(28(31,32)33)17-24(16-22)29(34,35)36/h2-5,15-17,26H,6-14,18-19H2,1H3. The Morgan fingerprint density at radius 3 is 2.19 bits per heavy atom. The molecule has 1 amide bonds. The maximum absolute atomic E-state index is 13.5. The predicted molar refractivity (Wildman–Crippen MR) is 149 cm³/mol. The van der Waals surface area contributed by atoms with Crippen molar-refractivity contribution in [3.05, 3.63) is 69.7 Å². The van der Waals surface area contributed by atoms with Crippen LogP contribution in [0.2, 0.25) is 5.02 Å². The summed E-state index contributed by atoms with van der Waals surface area (Å²) in [6, 6.07) is 7.33. The molecule has 2 aromatic carbocycles. The Morgan fingerprint density at radius 1 is 0.953 bits per heavy atom. The molecular formula is C29H33ClF6N4O3. The van der Waals surface area contributed by atoms with Gasteiger partial charge in [-0.3, -0.25) is 14.6 Å². The summed E-state index contributed by atoms with van der Waals surface area (Å²) in [7, 11) is 0. The smallest absolute Gasteiger partial charge is 0.394 e. The van der Waals surface area contributed by atoms with Crippen molar-refractivity contribution >= 4 is 23.2 Å². The van der Waals surface area contributed by atoms with Gasteiger partial charge >= 0.3 is 12.4 Å². The summed E-state index contributed by atoms with van der Waals surface area (Å²) in [6.45, 7) is 7.15. The summed E-state index contributed by atoms with van der Waals surface area (Å²) in [6.07, 6.45) is -9.80. The molecule has 2 saturated heterocycles. The molecule has 236 valence electrons. The first-order valence-electron chi connectivity index (χ1n) is 13.8. The molecule has 7 nitrogen and oxygen atoms in total. The van der Waals surface area contributed by atoms with E-state index in [0.717, 1.165) is 25.2 Å². The molecule has 4 rings (SSSR count). The van der Waals surface area contributed by atoms with E-state index in [-0.39, 0.29) is 12.6 Å². The van der Waals surface area contributed by atoms with E-state index in [1.807, 2.05) is 11.8 Å². The van der Waals surface area contributed by atoms with Gasteiger partial charge in [-0.25, -0.2) is 0 Å². The first-order valence-corrected chi connectivity index (χ1v) is 14.2. The van der Waals surface area contributed by atoms with E-state index in [2.05, 4.69) is 10.1 Å². The third kappa shape index (κ3) is 9.56. The van der Waals surface area contributed by atoms with Crippen LogP contribution < -0.4 is 0 Å². The van der Waals surface area contributed by atoms with Gasteiger partial charge in [0.15, 0.2) is 0 Å². The van der Waals surface area contributed by atoms with E-state index >= 15 is 0 Å². The number of nitrogens with zero attached hydrogens (tertiary/aromatic N) is 4. The van der Waals surface area contributed by atoms with Crippen LogP contribution >= 0.6 is 11.6 Å². The number of oxime groups is 1. The number of benzene rings is 2. The van der Waals surface area contributed by atoms with Gasteiger partial charge in [0.1, 0.15) is 6.61 Å². The molecule has 0 spiro atoms. The largest absolute Gasteiger partial charge is 0.416 e. The highest BCUT2D eigenvalue weighted by Crippen LogP contribution is 2.37. The van der Waals surface area contributed by atoms with Gasteiger partial charge in [0.25, 0.3) is 5.91 Å². The van der Waals surface area contributed by atoms with Gasteiger partial charge in [0.2, 0.25) is 0 Å². The van der Waals surface area contributed by atoms with Crippen LogP contribution in [-0.2, 0) is 28.3 Å². The zero-order chi connectivity index (χ0) is 31.2. The van der Waals surface area contributed by atoms with E-state index in [4.69, 9.17) is 21.2 Å². The van der Waals surface area contributed by atoms with Gasteiger partial charge in [-0.2, -0.15) is 26.3 Å². The molecular weight excluding hydrogens is 602 g/mol. The first kappa shape index (κ1) is 33.0. The number of ether oxygens (including phenoxy) is 1. The Labute approximate surface area is 250 Å². The minimum Gasteiger partial charge on any atom is -0.394 e. The van der Waals surface area contributed by atoms with Crippen molar-refractivity contribution in [3.63, 3.8) is 0 Å². The van der Waals surface area contributed by atoms with Crippen LogP contribution in [0, 0.1) is 0 Å². The normalized spacial score (nSPS) is 19.5. The predicted octanol–water partition coefficient (Wildman–Crippen LogP) is 5.47. The molecule has 2 aliphatic heterocycles. The van der Waals surface area contributed by atoms with Crippen molar-refractivity contribution in [1.82, 2.24) is 14.7 Å². The van der Waals surface area contributed by atoms with Crippen LogP contribution in [0.1, 0.15) is 34.0 Å². The lowest BCUT2D eigenvalue weighted by Gasteiger charge is -2.41. The SMILES string of the molecule is CC(CN1CCN(C(=O)c2cc(C(F)(F)F)cc(C(F)(F)F)c2)C(Cc2ccc(Cl)cc2)C1)=NOCCN1CCOCC1. The highest BCUT2D eigenvalue weighted by Gasteiger charge is 2.39. The van der Waals surface area contributed by atoms with Crippen LogP contribution in [0.3, 0.4) is 0 Å². The average molecular weight is 635 g/mol. The number of morpholine rings is 1. The van der Waals surface area contributed by atoms with E-state index in [9.17, 15) is 31.1 Å². The molecule has 2 heterocycles. The fourth-order valence-corrected chi connectivity index (χ4v) is 5.27. The van der Waals surface area contributed by atoms with Gasteiger partial charge in [-0.05, 0) is 49.2 Å². The van der Waals surface area contributed by atoms with Gasteiger partial charge in [-0.1, -0.05) is 28.9 Å². The second kappa shape index (κ2) is 14.3. The number of rotatable bonds is 9. The number of carbonyl (C=O) groups excluding carboxylic acids is 1. The third-order valence-corrected chi connectivity index (χ3v) is 7.57. The van der Waals surface area contributed by atoms with Crippen LogP contribution in [-0.4, -0.2) is 98.0 Å². The molecule has 1 unspecified atom stereocenters. The van der Waals surface area contributed by atoms with Gasteiger partial charge in [0.05, 0.1) is 30.1 Å². The number of alkyl halides is 6. The lowest BCUT2D eigenvalue weighted by molar-refractivity contribution is -0.143. The Bertz CT molecular complexity index is 1230. The molecule has 0 aromatic heterocycles. The highest BCUT2D eigenvalue weighted by molar-refractivity contribution is 6.30. The number of carbonyl (C=O) groups is 1. The fourth-order valence-electron chi connectivity index (χ4n) is 5.15. The summed E-state index contributed by atoms with van der Waals surface area (Å²) in [5.74, 6) is -0.896. The number of hydrogen-bond donors (Lipinski definition) is 0.